The van der Waals surface area contributed by atoms with Crippen LogP contribution in [0.1, 0.15) is 35.6 Å². The monoisotopic (exact) mass is 626 g/mol. The SMILES string of the molecule is CCOC(=O)C[C@]1(O)O[C@H](COCc2ccccc2)[C@@H](OCc2ccccc2)[C@H](OCc2ccccc2)[C@@H]1OCc1ccccc1. The highest BCUT2D eigenvalue weighted by Gasteiger charge is 2.57. The Morgan fingerprint density at radius 1 is 0.652 bits per heavy atom. The van der Waals surface area contributed by atoms with Gasteiger partial charge in [-0.2, -0.15) is 0 Å². The van der Waals surface area contributed by atoms with Gasteiger partial charge in [0.25, 0.3) is 0 Å². The van der Waals surface area contributed by atoms with E-state index in [4.69, 9.17) is 28.4 Å². The van der Waals surface area contributed by atoms with Gasteiger partial charge in [-0.05, 0) is 29.2 Å². The van der Waals surface area contributed by atoms with E-state index in [1.165, 1.54) is 0 Å². The van der Waals surface area contributed by atoms with Crippen molar-refractivity contribution >= 4 is 5.97 Å². The maximum Gasteiger partial charge on any atom is 0.311 e. The maximum absolute atomic E-state index is 12.9. The Kier molecular flexibility index (Phi) is 12.5. The van der Waals surface area contributed by atoms with Crippen LogP contribution in [0.2, 0.25) is 0 Å². The van der Waals surface area contributed by atoms with Gasteiger partial charge in [0.2, 0.25) is 5.79 Å². The van der Waals surface area contributed by atoms with Crippen molar-refractivity contribution in [1.29, 1.82) is 0 Å². The highest BCUT2D eigenvalue weighted by atomic mass is 16.7. The second-order valence-electron chi connectivity index (χ2n) is 11.2. The number of esters is 1. The van der Waals surface area contributed by atoms with E-state index in [1.54, 1.807) is 6.92 Å². The minimum atomic E-state index is -2.10. The smallest absolute Gasteiger partial charge is 0.311 e. The lowest BCUT2D eigenvalue weighted by Crippen LogP contribution is -2.67. The molecule has 0 aliphatic carbocycles. The summed E-state index contributed by atoms with van der Waals surface area (Å²) in [5.74, 6) is -2.72. The van der Waals surface area contributed by atoms with E-state index in [0.717, 1.165) is 22.3 Å². The molecule has 4 aromatic carbocycles. The third kappa shape index (κ3) is 9.56. The minimum absolute atomic E-state index is 0.0656. The molecule has 1 fully saturated rings. The average Bonchev–Trinajstić information content (AvgIpc) is 3.08. The Hall–Kier alpha value is -3.89. The molecule has 1 N–H and O–H groups in total. The van der Waals surface area contributed by atoms with Crippen molar-refractivity contribution in [3.63, 3.8) is 0 Å². The summed E-state index contributed by atoms with van der Waals surface area (Å²) in [6.07, 6.45) is -3.99. The number of benzene rings is 4. The first kappa shape index (κ1) is 33.5. The fraction of sp³-hybridized carbons (Fsp3) is 0.342. The number of hydrogen-bond acceptors (Lipinski definition) is 8. The molecular formula is C38H42O8. The van der Waals surface area contributed by atoms with Crippen molar-refractivity contribution in [2.75, 3.05) is 13.2 Å². The molecule has 0 spiro atoms. The van der Waals surface area contributed by atoms with Crippen LogP contribution in [-0.2, 0) is 59.6 Å². The summed E-state index contributed by atoms with van der Waals surface area (Å²) in [6.45, 7) is 2.89. The average molecular weight is 627 g/mol. The number of carbonyl (C=O) groups excluding carboxylic acids is 1. The lowest BCUT2D eigenvalue weighted by Gasteiger charge is -2.50. The Labute approximate surface area is 270 Å². The predicted octanol–water partition coefficient (Wildman–Crippen LogP) is 6.00. The van der Waals surface area contributed by atoms with Crippen LogP contribution in [0.25, 0.3) is 0 Å². The molecule has 1 saturated heterocycles. The molecule has 0 aromatic heterocycles. The van der Waals surface area contributed by atoms with Crippen LogP contribution in [0.5, 0.6) is 0 Å². The zero-order valence-corrected chi connectivity index (χ0v) is 26.1. The van der Waals surface area contributed by atoms with E-state index in [0.29, 0.717) is 6.61 Å². The van der Waals surface area contributed by atoms with Crippen LogP contribution in [0.15, 0.2) is 121 Å². The van der Waals surface area contributed by atoms with E-state index in [9.17, 15) is 9.90 Å². The number of aliphatic hydroxyl groups is 1. The van der Waals surface area contributed by atoms with Crippen molar-refractivity contribution in [1.82, 2.24) is 0 Å². The van der Waals surface area contributed by atoms with E-state index < -0.39 is 42.6 Å². The highest BCUT2D eigenvalue weighted by Crippen LogP contribution is 2.38. The molecule has 1 heterocycles. The predicted molar refractivity (Wildman–Crippen MR) is 172 cm³/mol. The molecule has 5 rings (SSSR count). The fourth-order valence-electron chi connectivity index (χ4n) is 5.50. The summed E-state index contributed by atoms with van der Waals surface area (Å²) in [6, 6.07) is 38.9. The molecule has 242 valence electrons. The lowest BCUT2D eigenvalue weighted by molar-refractivity contribution is -0.370. The van der Waals surface area contributed by atoms with Crippen LogP contribution < -0.4 is 0 Å². The summed E-state index contributed by atoms with van der Waals surface area (Å²) >= 11 is 0. The molecule has 0 saturated carbocycles. The van der Waals surface area contributed by atoms with Gasteiger partial charge in [-0.25, -0.2) is 0 Å². The van der Waals surface area contributed by atoms with Crippen LogP contribution >= 0.6 is 0 Å². The Balaban J connectivity index is 1.48. The first-order chi connectivity index (χ1) is 22.5. The Morgan fingerprint density at radius 3 is 1.57 bits per heavy atom. The molecular weight excluding hydrogens is 584 g/mol. The zero-order valence-electron chi connectivity index (χ0n) is 26.1. The Morgan fingerprint density at radius 2 is 1.09 bits per heavy atom. The summed E-state index contributed by atoms with van der Waals surface area (Å²) < 4.78 is 37.4. The summed E-state index contributed by atoms with van der Waals surface area (Å²) in [4.78, 5) is 12.9. The molecule has 46 heavy (non-hydrogen) atoms. The molecule has 8 heteroatoms. The first-order valence-electron chi connectivity index (χ1n) is 15.7. The van der Waals surface area contributed by atoms with Gasteiger partial charge >= 0.3 is 5.97 Å². The lowest BCUT2D eigenvalue weighted by atomic mass is 9.89. The van der Waals surface area contributed by atoms with Crippen molar-refractivity contribution in [2.24, 2.45) is 0 Å². The number of rotatable bonds is 16. The summed E-state index contributed by atoms with van der Waals surface area (Å²) in [5.41, 5.74) is 3.77. The van der Waals surface area contributed by atoms with Gasteiger partial charge < -0.3 is 33.5 Å². The normalized spacial score (nSPS) is 22.7. The summed E-state index contributed by atoms with van der Waals surface area (Å²) in [5, 5.41) is 12.2. The third-order valence-corrected chi connectivity index (χ3v) is 7.73. The molecule has 0 bridgehead atoms. The third-order valence-electron chi connectivity index (χ3n) is 7.73. The van der Waals surface area contributed by atoms with Crippen LogP contribution in [-0.4, -0.2) is 54.5 Å². The molecule has 8 nitrogen and oxygen atoms in total. The number of hydrogen-bond donors (Lipinski definition) is 1. The largest absolute Gasteiger partial charge is 0.466 e. The van der Waals surface area contributed by atoms with Crippen molar-refractivity contribution in [3.8, 4) is 0 Å². The van der Waals surface area contributed by atoms with Gasteiger partial charge in [-0.15, -0.1) is 0 Å². The molecule has 1 aliphatic heterocycles. The van der Waals surface area contributed by atoms with Gasteiger partial charge in [0.15, 0.2) is 0 Å². The van der Waals surface area contributed by atoms with Gasteiger partial charge in [0, 0.05) is 0 Å². The minimum Gasteiger partial charge on any atom is -0.466 e. The van der Waals surface area contributed by atoms with Crippen molar-refractivity contribution < 1.29 is 38.3 Å². The molecule has 5 atom stereocenters. The maximum atomic E-state index is 12.9. The van der Waals surface area contributed by atoms with Gasteiger partial charge in [-0.3, -0.25) is 4.79 Å². The molecule has 0 amide bonds. The fourth-order valence-corrected chi connectivity index (χ4v) is 5.50. The highest BCUT2D eigenvalue weighted by molar-refractivity contribution is 5.70. The van der Waals surface area contributed by atoms with Gasteiger partial charge in [-0.1, -0.05) is 121 Å². The van der Waals surface area contributed by atoms with Crippen LogP contribution in [0, 0.1) is 0 Å². The molecule has 0 radical (unpaired) electrons. The topological polar surface area (TPSA) is 92.7 Å². The summed E-state index contributed by atoms with van der Waals surface area (Å²) in [7, 11) is 0. The van der Waals surface area contributed by atoms with Crippen LogP contribution in [0.4, 0.5) is 0 Å². The Bertz CT molecular complexity index is 1440. The van der Waals surface area contributed by atoms with Crippen LogP contribution in [0.3, 0.4) is 0 Å². The molecule has 0 unspecified atom stereocenters. The number of ether oxygens (including phenoxy) is 6. The van der Waals surface area contributed by atoms with Gasteiger partial charge in [0.1, 0.15) is 30.8 Å². The zero-order chi connectivity index (χ0) is 32.0. The standard InChI is InChI=1S/C38H42O8/c1-2-42-34(39)23-38(40)37(45-27-32-21-13-6-14-22-32)36(44-26-31-19-11-5-12-20-31)35(43-25-30-17-9-4-10-18-30)33(46-38)28-41-24-29-15-7-3-8-16-29/h3-22,33,35-37,40H,2,23-28H2,1H3/t33-,35-,36+,37+,38+/m1/s1. The second kappa shape index (κ2) is 17.1. The molecule has 4 aromatic rings. The first-order valence-corrected chi connectivity index (χ1v) is 15.7. The van der Waals surface area contributed by atoms with E-state index in [1.807, 2.05) is 121 Å². The van der Waals surface area contributed by atoms with Crippen molar-refractivity contribution in [3.05, 3.63) is 144 Å². The second-order valence-corrected chi connectivity index (χ2v) is 11.2. The van der Waals surface area contributed by atoms with E-state index in [-0.39, 0.29) is 33.0 Å². The van der Waals surface area contributed by atoms with Gasteiger partial charge in [0.05, 0.1) is 39.6 Å². The number of carbonyl (C=O) groups is 1. The quantitative estimate of drug-likeness (QED) is 0.152. The van der Waals surface area contributed by atoms with E-state index >= 15 is 0 Å². The van der Waals surface area contributed by atoms with Crippen molar-refractivity contribution in [2.45, 2.75) is 70.0 Å². The van der Waals surface area contributed by atoms with E-state index in [2.05, 4.69) is 0 Å². The molecule has 1 aliphatic rings.